The topological polar surface area (TPSA) is 86.9 Å². The molecule has 0 saturated heterocycles. The van der Waals surface area contributed by atoms with Crippen LogP contribution in [0.1, 0.15) is 27.3 Å². The van der Waals surface area contributed by atoms with E-state index in [0.717, 1.165) is 22.6 Å². The number of rotatable bonds is 5. The molecule has 26 heavy (non-hydrogen) atoms. The van der Waals surface area contributed by atoms with E-state index in [1.807, 2.05) is 50.2 Å². The third kappa shape index (κ3) is 4.16. The predicted octanol–water partition coefficient (Wildman–Crippen LogP) is 3.06. The average molecular weight is 348 g/mol. The number of aromatic amines is 1. The van der Waals surface area contributed by atoms with Crippen LogP contribution < -0.4 is 16.2 Å². The zero-order valence-corrected chi connectivity index (χ0v) is 14.7. The van der Waals surface area contributed by atoms with Crippen LogP contribution in [0.3, 0.4) is 0 Å². The zero-order valence-electron chi connectivity index (χ0n) is 14.7. The van der Waals surface area contributed by atoms with Gasteiger partial charge in [0.05, 0.1) is 11.9 Å². The van der Waals surface area contributed by atoms with Gasteiger partial charge in [0.15, 0.2) is 0 Å². The Balaban J connectivity index is 1.64. The Labute approximate surface area is 151 Å². The second kappa shape index (κ2) is 7.65. The Kier molecular flexibility index (Phi) is 5.12. The summed E-state index contributed by atoms with van der Waals surface area (Å²) in [7, 11) is 0. The molecule has 6 nitrogen and oxygen atoms in total. The molecule has 0 radical (unpaired) electrons. The van der Waals surface area contributed by atoms with E-state index in [4.69, 9.17) is 0 Å². The molecule has 0 aliphatic rings. The minimum atomic E-state index is -0.323. The number of para-hydroxylation sites is 1. The summed E-state index contributed by atoms with van der Waals surface area (Å²) in [6.45, 7) is 3.84. The minimum Gasteiger partial charge on any atom is -0.354 e. The summed E-state index contributed by atoms with van der Waals surface area (Å²) in [5.74, 6) is -0.323. The molecule has 1 aromatic carbocycles. The molecule has 132 valence electrons. The first-order valence-corrected chi connectivity index (χ1v) is 8.28. The van der Waals surface area contributed by atoms with Gasteiger partial charge in [-0.05, 0) is 49.7 Å². The van der Waals surface area contributed by atoms with Gasteiger partial charge < -0.3 is 15.6 Å². The number of H-pyrrole nitrogens is 1. The van der Waals surface area contributed by atoms with E-state index in [2.05, 4.69) is 20.6 Å². The van der Waals surface area contributed by atoms with E-state index in [0.29, 0.717) is 11.3 Å². The van der Waals surface area contributed by atoms with Crippen LogP contribution >= 0.6 is 0 Å². The van der Waals surface area contributed by atoms with E-state index in [-0.39, 0.29) is 18.0 Å². The van der Waals surface area contributed by atoms with E-state index < -0.39 is 0 Å². The molecule has 0 bridgehead atoms. The number of amides is 1. The first-order chi connectivity index (χ1) is 12.5. The molecule has 0 aliphatic carbocycles. The SMILES string of the molecule is Cc1cc(C)c(CNC(=O)c2ccc(Nc3ccccc3)cn2)c(=O)[nH]1. The van der Waals surface area contributed by atoms with Crippen LogP contribution in [-0.4, -0.2) is 15.9 Å². The Hall–Kier alpha value is -3.41. The number of aryl methyl sites for hydroxylation is 2. The van der Waals surface area contributed by atoms with Crippen LogP contribution in [0, 0.1) is 13.8 Å². The predicted molar refractivity (Wildman–Crippen MR) is 102 cm³/mol. The number of pyridine rings is 2. The lowest BCUT2D eigenvalue weighted by Gasteiger charge is -2.09. The van der Waals surface area contributed by atoms with Crippen LogP contribution in [0.15, 0.2) is 59.5 Å². The van der Waals surface area contributed by atoms with Crippen molar-refractivity contribution in [2.75, 3.05) is 5.32 Å². The fourth-order valence-electron chi connectivity index (χ4n) is 2.65. The number of hydrogen-bond acceptors (Lipinski definition) is 4. The Morgan fingerprint density at radius 3 is 2.50 bits per heavy atom. The standard InChI is InChI=1S/C20H20N4O2/c1-13-10-14(2)23-19(25)17(13)12-22-20(26)18-9-8-16(11-21-18)24-15-6-4-3-5-7-15/h3-11,24H,12H2,1-2H3,(H,22,26)(H,23,25). The van der Waals surface area contributed by atoms with Gasteiger partial charge >= 0.3 is 0 Å². The van der Waals surface area contributed by atoms with Gasteiger partial charge in [-0.2, -0.15) is 0 Å². The largest absolute Gasteiger partial charge is 0.354 e. The molecule has 3 N–H and O–H groups in total. The Morgan fingerprint density at radius 2 is 1.85 bits per heavy atom. The Bertz CT molecular complexity index is 963. The molecule has 0 saturated carbocycles. The molecule has 0 fully saturated rings. The summed E-state index contributed by atoms with van der Waals surface area (Å²) in [6, 6.07) is 15.0. The maximum Gasteiger partial charge on any atom is 0.270 e. The van der Waals surface area contributed by atoms with E-state index in [1.54, 1.807) is 18.3 Å². The number of nitrogens with one attached hydrogen (secondary N) is 3. The number of carbonyl (C=O) groups excluding carboxylic acids is 1. The van der Waals surface area contributed by atoms with Gasteiger partial charge in [0.25, 0.3) is 11.5 Å². The number of carbonyl (C=O) groups is 1. The van der Waals surface area contributed by atoms with Crippen molar-refractivity contribution >= 4 is 17.3 Å². The van der Waals surface area contributed by atoms with Crippen LogP contribution in [0.25, 0.3) is 0 Å². The summed E-state index contributed by atoms with van der Waals surface area (Å²) in [6.07, 6.45) is 1.60. The molecule has 6 heteroatoms. The molecule has 3 aromatic rings. The number of hydrogen-bond donors (Lipinski definition) is 3. The van der Waals surface area contributed by atoms with Gasteiger partial charge in [0.1, 0.15) is 5.69 Å². The molecule has 3 rings (SSSR count). The first-order valence-electron chi connectivity index (χ1n) is 8.28. The highest BCUT2D eigenvalue weighted by Crippen LogP contribution is 2.15. The zero-order chi connectivity index (χ0) is 18.5. The van der Waals surface area contributed by atoms with Crippen molar-refractivity contribution in [1.82, 2.24) is 15.3 Å². The van der Waals surface area contributed by atoms with Gasteiger partial charge in [-0.3, -0.25) is 9.59 Å². The number of benzene rings is 1. The number of aromatic nitrogens is 2. The molecule has 0 unspecified atom stereocenters. The quantitative estimate of drug-likeness (QED) is 0.661. The lowest BCUT2D eigenvalue weighted by molar-refractivity contribution is 0.0946. The highest BCUT2D eigenvalue weighted by Gasteiger charge is 2.10. The summed E-state index contributed by atoms with van der Waals surface area (Å²) in [5.41, 5.74) is 4.04. The van der Waals surface area contributed by atoms with Gasteiger partial charge in [0, 0.05) is 23.5 Å². The Morgan fingerprint density at radius 1 is 1.08 bits per heavy atom. The molecule has 0 atom stereocenters. The van der Waals surface area contributed by atoms with Crippen molar-refractivity contribution in [2.45, 2.75) is 20.4 Å². The lowest BCUT2D eigenvalue weighted by atomic mass is 10.1. The molecule has 2 heterocycles. The van der Waals surface area contributed by atoms with E-state index in [9.17, 15) is 9.59 Å². The fraction of sp³-hybridized carbons (Fsp3) is 0.150. The average Bonchev–Trinajstić information content (AvgIpc) is 2.62. The molecule has 0 aliphatic heterocycles. The minimum absolute atomic E-state index is 0.159. The smallest absolute Gasteiger partial charge is 0.270 e. The molecule has 0 spiro atoms. The first kappa shape index (κ1) is 17.4. The molecular formula is C20H20N4O2. The van der Waals surface area contributed by atoms with Crippen molar-refractivity contribution in [3.05, 3.63) is 87.6 Å². The van der Waals surface area contributed by atoms with Gasteiger partial charge in [-0.25, -0.2) is 4.98 Å². The maximum atomic E-state index is 12.3. The third-order valence-electron chi connectivity index (χ3n) is 3.98. The summed E-state index contributed by atoms with van der Waals surface area (Å²) < 4.78 is 0. The normalized spacial score (nSPS) is 10.4. The fourth-order valence-corrected chi connectivity index (χ4v) is 2.65. The monoisotopic (exact) mass is 348 g/mol. The van der Waals surface area contributed by atoms with Gasteiger partial charge in [0.2, 0.25) is 0 Å². The van der Waals surface area contributed by atoms with Crippen LogP contribution in [0.2, 0.25) is 0 Å². The van der Waals surface area contributed by atoms with E-state index in [1.165, 1.54) is 0 Å². The lowest BCUT2D eigenvalue weighted by Crippen LogP contribution is -2.28. The maximum absolute atomic E-state index is 12.3. The highest BCUT2D eigenvalue weighted by atomic mass is 16.2. The second-order valence-corrected chi connectivity index (χ2v) is 6.05. The van der Waals surface area contributed by atoms with Crippen molar-refractivity contribution in [1.29, 1.82) is 0 Å². The van der Waals surface area contributed by atoms with Crippen molar-refractivity contribution in [3.8, 4) is 0 Å². The van der Waals surface area contributed by atoms with Crippen LogP contribution in [0.4, 0.5) is 11.4 Å². The van der Waals surface area contributed by atoms with Crippen molar-refractivity contribution < 1.29 is 4.79 Å². The number of nitrogens with zero attached hydrogens (tertiary/aromatic N) is 1. The highest BCUT2D eigenvalue weighted by molar-refractivity contribution is 5.92. The number of anilines is 2. The molecule has 2 aromatic heterocycles. The summed E-state index contributed by atoms with van der Waals surface area (Å²) >= 11 is 0. The summed E-state index contributed by atoms with van der Waals surface area (Å²) in [4.78, 5) is 31.2. The second-order valence-electron chi connectivity index (χ2n) is 6.05. The van der Waals surface area contributed by atoms with E-state index >= 15 is 0 Å². The van der Waals surface area contributed by atoms with Crippen LogP contribution in [0.5, 0.6) is 0 Å². The van der Waals surface area contributed by atoms with Crippen molar-refractivity contribution in [2.24, 2.45) is 0 Å². The van der Waals surface area contributed by atoms with Gasteiger partial charge in [-0.1, -0.05) is 18.2 Å². The van der Waals surface area contributed by atoms with Crippen molar-refractivity contribution in [3.63, 3.8) is 0 Å². The summed E-state index contributed by atoms with van der Waals surface area (Å²) in [5, 5.41) is 5.95. The third-order valence-corrected chi connectivity index (χ3v) is 3.98. The van der Waals surface area contributed by atoms with Gasteiger partial charge in [-0.15, -0.1) is 0 Å². The molecule has 1 amide bonds. The molecular weight excluding hydrogens is 328 g/mol. The van der Waals surface area contributed by atoms with Crippen LogP contribution in [-0.2, 0) is 6.54 Å².